The predicted molar refractivity (Wildman–Crippen MR) is 59.2 cm³/mol. The summed E-state index contributed by atoms with van der Waals surface area (Å²) in [5.74, 6) is 0. The van der Waals surface area contributed by atoms with Gasteiger partial charge >= 0.3 is 0 Å². The molecule has 1 rings (SSSR count). The maximum atomic E-state index is 3.52. The average Bonchev–Trinajstić information content (AvgIpc) is 1.94. The van der Waals surface area contributed by atoms with Crippen LogP contribution < -0.4 is 0 Å². The molecule has 1 atom stereocenters. The van der Waals surface area contributed by atoms with E-state index in [2.05, 4.69) is 60.8 Å². The van der Waals surface area contributed by atoms with Gasteiger partial charge in [0.05, 0.1) is 0 Å². The van der Waals surface area contributed by atoms with Crippen LogP contribution in [0.25, 0.3) is 0 Å². The highest BCUT2D eigenvalue weighted by atomic mass is 79.9. The number of rotatable bonds is 1. The Hall–Kier alpha value is 0.660. The SMILES string of the molecule is CC(Br)c1cccc(Br)c1Br. The normalized spacial score (nSPS) is 13.1. The van der Waals surface area contributed by atoms with E-state index in [0.29, 0.717) is 4.83 Å². The Morgan fingerprint density at radius 2 is 1.91 bits per heavy atom. The molecule has 11 heavy (non-hydrogen) atoms. The van der Waals surface area contributed by atoms with Gasteiger partial charge in [0.1, 0.15) is 0 Å². The van der Waals surface area contributed by atoms with Gasteiger partial charge in [0.2, 0.25) is 0 Å². The number of hydrogen-bond acceptors (Lipinski definition) is 0. The van der Waals surface area contributed by atoms with Gasteiger partial charge in [-0.25, -0.2) is 0 Å². The molecule has 0 fully saturated rings. The Kier molecular flexibility index (Phi) is 3.59. The summed E-state index contributed by atoms with van der Waals surface area (Å²) in [5, 5.41) is 0. The van der Waals surface area contributed by atoms with E-state index in [4.69, 9.17) is 0 Å². The molecule has 0 saturated carbocycles. The second kappa shape index (κ2) is 4.06. The quantitative estimate of drug-likeness (QED) is 0.651. The Morgan fingerprint density at radius 1 is 1.27 bits per heavy atom. The topological polar surface area (TPSA) is 0 Å². The zero-order chi connectivity index (χ0) is 8.43. The van der Waals surface area contributed by atoms with Gasteiger partial charge in [0.15, 0.2) is 0 Å². The summed E-state index contributed by atoms with van der Waals surface area (Å²) in [4.78, 5) is 0.384. The van der Waals surface area contributed by atoms with Gasteiger partial charge in [-0.2, -0.15) is 0 Å². The van der Waals surface area contributed by atoms with Crippen LogP contribution in [0.5, 0.6) is 0 Å². The molecule has 0 aliphatic heterocycles. The van der Waals surface area contributed by atoms with E-state index in [1.165, 1.54) is 5.56 Å². The zero-order valence-corrected chi connectivity index (χ0v) is 10.7. The fourth-order valence-electron chi connectivity index (χ4n) is 0.828. The summed E-state index contributed by atoms with van der Waals surface area (Å²) in [5.41, 5.74) is 1.26. The third kappa shape index (κ3) is 2.30. The van der Waals surface area contributed by atoms with Crippen LogP contribution in [0.1, 0.15) is 17.3 Å². The molecule has 1 aromatic carbocycles. The van der Waals surface area contributed by atoms with Crippen molar-refractivity contribution in [2.75, 3.05) is 0 Å². The van der Waals surface area contributed by atoms with Crippen LogP contribution in [0.3, 0.4) is 0 Å². The fraction of sp³-hybridized carbons (Fsp3) is 0.250. The zero-order valence-electron chi connectivity index (χ0n) is 5.94. The van der Waals surface area contributed by atoms with Gasteiger partial charge in [-0.05, 0) is 50.4 Å². The molecule has 0 amide bonds. The molecule has 0 heterocycles. The molecule has 1 unspecified atom stereocenters. The van der Waals surface area contributed by atoms with Gasteiger partial charge in [0.25, 0.3) is 0 Å². The molecule has 0 aliphatic carbocycles. The predicted octanol–water partition coefficient (Wildman–Crippen LogP) is 4.67. The maximum Gasteiger partial charge on any atom is 0.0378 e. The van der Waals surface area contributed by atoms with Crippen LogP contribution >= 0.6 is 47.8 Å². The summed E-state index contributed by atoms with van der Waals surface area (Å²) in [6.45, 7) is 2.10. The lowest BCUT2D eigenvalue weighted by atomic mass is 10.2. The first kappa shape index (κ1) is 9.75. The smallest absolute Gasteiger partial charge is 0.0378 e. The summed E-state index contributed by atoms with van der Waals surface area (Å²) in [6, 6.07) is 6.14. The first-order valence-electron chi connectivity index (χ1n) is 3.21. The van der Waals surface area contributed by atoms with Crippen LogP contribution in [-0.4, -0.2) is 0 Å². The minimum atomic E-state index is 0.384. The first-order chi connectivity index (χ1) is 5.13. The molecule has 0 N–H and O–H groups in total. The van der Waals surface area contributed by atoms with Crippen molar-refractivity contribution >= 4 is 47.8 Å². The maximum absolute atomic E-state index is 3.52. The molecule has 0 nitrogen and oxygen atoms in total. The van der Waals surface area contributed by atoms with E-state index in [1.807, 2.05) is 12.1 Å². The van der Waals surface area contributed by atoms with E-state index >= 15 is 0 Å². The Labute approximate surface area is 91.8 Å². The molecular weight excluding hydrogens is 336 g/mol. The molecule has 60 valence electrons. The average molecular weight is 343 g/mol. The lowest BCUT2D eigenvalue weighted by molar-refractivity contribution is 1.11. The van der Waals surface area contributed by atoms with Crippen LogP contribution in [-0.2, 0) is 0 Å². The van der Waals surface area contributed by atoms with Gasteiger partial charge in [-0.15, -0.1) is 0 Å². The second-order valence-corrected chi connectivity index (χ2v) is 5.28. The van der Waals surface area contributed by atoms with E-state index in [1.54, 1.807) is 0 Å². The summed E-state index contributed by atoms with van der Waals surface area (Å²) >= 11 is 10.5. The van der Waals surface area contributed by atoms with Crippen LogP contribution in [0, 0.1) is 0 Å². The monoisotopic (exact) mass is 340 g/mol. The minimum Gasteiger partial charge on any atom is -0.0841 e. The van der Waals surface area contributed by atoms with Crippen molar-refractivity contribution in [3.8, 4) is 0 Å². The molecule has 0 spiro atoms. The first-order valence-corrected chi connectivity index (χ1v) is 5.71. The Balaban J connectivity index is 3.17. The van der Waals surface area contributed by atoms with Crippen LogP contribution in [0.15, 0.2) is 27.1 Å². The summed E-state index contributed by atoms with van der Waals surface area (Å²) < 4.78 is 2.23. The number of benzene rings is 1. The van der Waals surface area contributed by atoms with Crippen molar-refractivity contribution in [3.05, 3.63) is 32.7 Å². The number of alkyl halides is 1. The van der Waals surface area contributed by atoms with Crippen molar-refractivity contribution in [2.45, 2.75) is 11.8 Å². The van der Waals surface area contributed by atoms with E-state index in [0.717, 1.165) is 8.95 Å². The highest BCUT2D eigenvalue weighted by molar-refractivity contribution is 9.13. The fourth-order valence-corrected chi connectivity index (χ4v) is 2.51. The van der Waals surface area contributed by atoms with Crippen molar-refractivity contribution < 1.29 is 0 Å². The highest BCUT2D eigenvalue weighted by Gasteiger charge is 2.06. The van der Waals surface area contributed by atoms with Crippen molar-refractivity contribution in [3.63, 3.8) is 0 Å². The Morgan fingerprint density at radius 3 is 2.36 bits per heavy atom. The van der Waals surface area contributed by atoms with E-state index in [-0.39, 0.29) is 0 Å². The molecule has 0 bridgehead atoms. The standard InChI is InChI=1S/C8H7Br3/c1-5(9)6-3-2-4-7(10)8(6)11/h2-5H,1H3. The van der Waals surface area contributed by atoms with E-state index < -0.39 is 0 Å². The third-order valence-electron chi connectivity index (χ3n) is 1.41. The van der Waals surface area contributed by atoms with Crippen LogP contribution in [0.2, 0.25) is 0 Å². The summed E-state index contributed by atoms with van der Waals surface area (Å²) in [6.07, 6.45) is 0. The molecule has 0 saturated heterocycles. The van der Waals surface area contributed by atoms with E-state index in [9.17, 15) is 0 Å². The largest absolute Gasteiger partial charge is 0.0841 e. The molecule has 0 aliphatic rings. The van der Waals surface area contributed by atoms with Gasteiger partial charge in [0, 0.05) is 13.8 Å². The molecule has 3 heteroatoms. The Bertz CT molecular complexity index is 256. The van der Waals surface area contributed by atoms with Gasteiger partial charge in [-0.3, -0.25) is 0 Å². The molecular formula is C8H7Br3. The lowest BCUT2D eigenvalue weighted by Gasteiger charge is -2.07. The van der Waals surface area contributed by atoms with Crippen LogP contribution in [0.4, 0.5) is 0 Å². The number of halogens is 3. The highest BCUT2D eigenvalue weighted by Crippen LogP contribution is 2.33. The second-order valence-electron chi connectivity index (χ2n) is 2.26. The molecule has 1 aromatic rings. The third-order valence-corrected chi connectivity index (χ3v) is 3.98. The van der Waals surface area contributed by atoms with Crippen molar-refractivity contribution in [1.29, 1.82) is 0 Å². The van der Waals surface area contributed by atoms with Crippen molar-refractivity contribution in [1.82, 2.24) is 0 Å². The molecule has 0 radical (unpaired) electrons. The minimum absolute atomic E-state index is 0.384. The number of hydrogen-bond donors (Lipinski definition) is 0. The summed E-state index contributed by atoms with van der Waals surface area (Å²) in [7, 11) is 0. The van der Waals surface area contributed by atoms with Gasteiger partial charge < -0.3 is 0 Å². The lowest BCUT2D eigenvalue weighted by Crippen LogP contribution is -1.85. The van der Waals surface area contributed by atoms with Crippen molar-refractivity contribution in [2.24, 2.45) is 0 Å². The van der Waals surface area contributed by atoms with Gasteiger partial charge in [-0.1, -0.05) is 28.1 Å². The molecule has 0 aromatic heterocycles.